The summed E-state index contributed by atoms with van der Waals surface area (Å²) < 4.78 is 2.27. The summed E-state index contributed by atoms with van der Waals surface area (Å²) in [5.41, 5.74) is 3.65. The molecule has 2 heterocycles. The highest BCUT2D eigenvalue weighted by Crippen LogP contribution is 2.35. The van der Waals surface area contributed by atoms with E-state index in [2.05, 4.69) is 28.6 Å². The van der Waals surface area contributed by atoms with Gasteiger partial charge in [0.2, 0.25) is 0 Å². The standard InChI is InChI=1S/C21H19ClN2O/c1-23-12-5-13-24-19(15-6-3-2-4-7-15)14-18(21(23)24)20(25)16-8-10-17(22)11-9-16/h2-4,6-11,14H,5,12-13H2,1H3. The maximum absolute atomic E-state index is 13.1. The molecule has 0 amide bonds. The molecule has 0 spiro atoms. The molecule has 0 N–H and O–H groups in total. The van der Waals surface area contributed by atoms with Crippen LogP contribution in [-0.2, 0) is 6.54 Å². The van der Waals surface area contributed by atoms with Crippen LogP contribution in [0.3, 0.4) is 0 Å². The minimum Gasteiger partial charge on any atom is -0.360 e. The van der Waals surface area contributed by atoms with Crippen molar-refractivity contribution in [2.45, 2.75) is 13.0 Å². The van der Waals surface area contributed by atoms with Crippen molar-refractivity contribution in [1.82, 2.24) is 4.57 Å². The van der Waals surface area contributed by atoms with Gasteiger partial charge in [0.05, 0.1) is 11.3 Å². The molecule has 1 aromatic heterocycles. The Labute approximate surface area is 152 Å². The largest absolute Gasteiger partial charge is 0.360 e. The SMILES string of the molecule is CN1CCCn2c(-c3ccccc3)cc(C(=O)c3ccc(Cl)cc3)c21. The first-order chi connectivity index (χ1) is 12.1. The second-order valence-corrected chi connectivity index (χ2v) is 6.83. The van der Waals surface area contributed by atoms with Crippen molar-refractivity contribution in [3.8, 4) is 11.3 Å². The van der Waals surface area contributed by atoms with Crippen molar-refractivity contribution >= 4 is 23.2 Å². The third-order valence-electron chi connectivity index (χ3n) is 4.73. The van der Waals surface area contributed by atoms with Crippen molar-refractivity contribution in [3.63, 3.8) is 0 Å². The highest BCUT2D eigenvalue weighted by molar-refractivity contribution is 6.30. The van der Waals surface area contributed by atoms with E-state index < -0.39 is 0 Å². The summed E-state index contributed by atoms with van der Waals surface area (Å²) in [6.07, 6.45) is 1.08. The third-order valence-corrected chi connectivity index (χ3v) is 4.98. The summed E-state index contributed by atoms with van der Waals surface area (Å²) in [5, 5.41) is 0.637. The number of aromatic nitrogens is 1. The average molecular weight is 351 g/mol. The lowest BCUT2D eigenvalue weighted by molar-refractivity contribution is 0.103. The zero-order valence-corrected chi connectivity index (χ0v) is 14.8. The van der Waals surface area contributed by atoms with E-state index in [1.807, 2.05) is 24.3 Å². The molecule has 0 saturated heterocycles. The molecule has 1 aliphatic heterocycles. The number of hydrogen-bond donors (Lipinski definition) is 0. The van der Waals surface area contributed by atoms with Crippen molar-refractivity contribution in [1.29, 1.82) is 0 Å². The van der Waals surface area contributed by atoms with Crippen LogP contribution in [0, 0.1) is 0 Å². The lowest BCUT2D eigenvalue weighted by Crippen LogP contribution is -2.29. The van der Waals surface area contributed by atoms with Gasteiger partial charge in [-0.3, -0.25) is 4.79 Å². The molecule has 4 heteroatoms. The van der Waals surface area contributed by atoms with Gasteiger partial charge in [0.25, 0.3) is 0 Å². The van der Waals surface area contributed by atoms with Crippen LogP contribution in [0.2, 0.25) is 5.02 Å². The van der Waals surface area contributed by atoms with Crippen LogP contribution in [0.5, 0.6) is 0 Å². The average Bonchev–Trinajstić information content (AvgIpc) is 3.03. The fraction of sp³-hybridized carbons (Fsp3) is 0.190. The van der Waals surface area contributed by atoms with E-state index in [0.29, 0.717) is 10.6 Å². The monoisotopic (exact) mass is 350 g/mol. The molecule has 0 atom stereocenters. The Hall–Kier alpha value is -2.52. The van der Waals surface area contributed by atoms with Gasteiger partial charge in [0, 0.05) is 30.7 Å². The van der Waals surface area contributed by atoms with E-state index in [0.717, 1.165) is 42.1 Å². The second-order valence-electron chi connectivity index (χ2n) is 6.40. The number of hydrogen-bond acceptors (Lipinski definition) is 2. The number of benzene rings is 2. The Morgan fingerprint density at radius 3 is 2.44 bits per heavy atom. The summed E-state index contributed by atoms with van der Waals surface area (Å²) in [6, 6.07) is 19.4. The Morgan fingerprint density at radius 2 is 1.72 bits per heavy atom. The molecule has 3 nitrogen and oxygen atoms in total. The van der Waals surface area contributed by atoms with E-state index in [1.54, 1.807) is 24.3 Å². The zero-order chi connectivity index (χ0) is 17.4. The van der Waals surface area contributed by atoms with Gasteiger partial charge in [-0.05, 0) is 42.3 Å². The van der Waals surface area contributed by atoms with Gasteiger partial charge in [-0.15, -0.1) is 0 Å². The van der Waals surface area contributed by atoms with E-state index >= 15 is 0 Å². The van der Waals surface area contributed by atoms with Crippen LogP contribution in [0.1, 0.15) is 22.3 Å². The maximum atomic E-state index is 13.1. The van der Waals surface area contributed by atoms with Crippen molar-refractivity contribution in [3.05, 3.63) is 76.8 Å². The first kappa shape index (κ1) is 16.0. The molecular weight excluding hydrogens is 332 g/mol. The highest BCUT2D eigenvalue weighted by atomic mass is 35.5. The summed E-state index contributed by atoms with van der Waals surface area (Å²) in [6.45, 7) is 1.89. The molecule has 0 fully saturated rings. The van der Waals surface area contributed by atoms with Crippen molar-refractivity contribution in [2.75, 3.05) is 18.5 Å². The van der Waals surface area contributed by atoms with Gasteiger partial charge >= 0.3 is 0 Å². The summed E-state index contributed by atoms with van der Waals surface area (Å²) in [4.78, 5) is 15.3. The quantitative estimate of drug-likeness (QED) is 0.629. The summed E-state index contributed by atoms with van der Waals surface area (Å²) >= 11 is 5.96. The van der Waals surface area contributed by atoms with Crippen LogP contribution >= 0.6 is 11.6 Å². The van der Waals surface area contributed by atoms with Crippen LogP contribution in [0.4, 0.5) is 5.82 Å². The molecule has 0 saturated carbocycles. The minimum absolute atomic E-state index is 0.0383. The number of carbonyl (C=O) groups excluding carboxylic acids is 1. The lowest BCUT2D eigenvalue weighted by atomic mass is 10.0. The van der Waals surface area contributed by atoms with Gasteiger partial charge in [-0.1, -0.05) is 41.9 Å². The number of nitrogens with zero attached hydrogens (tertiary/aromatic N) is 2. The number of halogens is 1. The lowest BCUT2D eigenvalue weighted by Gasteiger charge is -2.29. The third kappa shape index (κ3) is 2.85. The van der Waals surface area contributed by atoms with E-state index in [4.69, 9.17) is 11.6 Å². The summed E-state index contributed by atoms with van der Waals surface area (Å²) in [7, 11) is 2.05. The predicted octanol–water partition coefficient (Wildman–Crippen LogP) is 4.88. The molecule has 3 aromatic rings. The Kier molecular flexibility index (Phi) is 4.10. The first-order valence-corrected chi connectivity index (χ1v) is 8.83. The zero-order valence-electron chi connectivity index (χ0n) is 14.1. The van der Waals surface area contributed by atoms with Crippen LogP contribution < -0.4 is 4.90 Å². The Balaban J connectivity index is 1.86. The van der Waals surface area contributed by atoms with Gasteiger partial charge in [-0.2, -0.15) is 0 Å². The number of rotatable bonds is 3. The molecular formula is C21H19ClN2O. The van der Waals surface area contributed by atoms with Gasteiger partial charge in [0.15, 0.2) is 5.78 Å². The fourth-order valence-electron chi connectivity index (χ4n) is 3.52. The fourth-order valence-corrected chi connectivity index (χ4v) is 3.65. The topological polar surface area (TPSA) is 25.2 Å². The smallest absolute Gasteiger partial charge is 0.196 e. The minimum atomic E-state index is 0.0383. The number of ketones is 1. The van der Waals surface area contributed by atoms with Crippen LogP contribution in [0.25, 0.3) is 11.3 Å². The van der Waals surface area contributed by atoms with Crippen LogP contribution in [-0.4, -0.2) is 23.9 Å². The maximum Gasteiger partial charge on any atom is 0.196 e. The molecule has 1 aliphatic rings. The second kappa shape index (κ2) is 6.41. The number of carbonyl (C=O) groups is 1. The molecule has 2 aromatic carbocycles. The molecule has 4 rings (SSSR count). The van der Waals surface area contributed by atoms with E-state index in [-0.39, 0.29) is 5.78 Å². The molecule has 0 bridgehead atoms. The Bertz CT molecular complexity index is 913. The van der Waals surface area contributed by atoms with Gasteiger partial charge in [-0.25, -0.2) is 0 Å². The predicted molar refractivity (Wildman–Crippen MR) is 103 cm³/mol. The first-order valence-electron chi connectivity index (χ1n) is 8.45. The molecule has 25 heavy (non-hydrogen) atoms. The number of fused-ring (bicyclic) bond motifs is 1. The van der Waals surface area contributed by atoms with E-state index in [9.17, 15) is 4.79 Å². The molecule has 0 radical (unpaired) electrons. The van der Waals surface area contributed by atoms with Crippen LogP contribution in [0.15, 0.2) is 60.7 Å². The number of anilines is 1. The van der Waals surface area contributed by atoms with E-state index in [1.165, 1.54) is 0 Å². The van der Waals surface area contributed by atoms with Crippen molar-refractivity contribution in [2.24, 2.45) is 0 Å². The summed E-state index contributed by atoms with van der Waals surface area (Å²) in [5.74, 6) is 1.04. The highest BCUT2D eigenvalue weighted by Gasteiger charge is 2.26. The molecule has 126 valence electrons. The molecule has 0 unspecified atom stereocenters. The normalized spacial score (nSPS) is 13.6. The molecule has 0 aliphatic carbocycles. The van der Waals surface area contributed by atoms with Crippen molar-refractivity contribution < 1.29 is 4.79 Å². The Morgan fingerprint density at radius 1 is 1.00 bits per heavy atom. The van der Waals surface area contributed by atoms with Gasteiger partial charge in [0.1, 0.15) is 5.82 Å². The van der Waals surface area contributed by atoms with Gasteiger partial charge < -0.3 is 9.47 Å².